The van der Waals surface area contributed by atoms with Gasteiger partial charge < -0.3 is 23.7 Å². The summed E-state index contributed by atoms with van der Waals surface area (Å²) < 4.78 is 33.9. The normalized spacial score (nSPS) is 58.2. The zero-order valence-corrected chi connectivity index (χ0v) is 27.3. The van der Waals surface area contributed by atoms with E-state index in [1.165, 1.54) is 6.42 Å². The molecule has 4 bridgehead atoms. The van der Waals surface area contributed by atoms with Gasteiger partial charge in [-0.1, -0.05) is 33.6 Å². The summed E-state index contributed by atoms with van der Waals surface area (Å²) in [5.74, 6) is 3.58. The summed E-state index contributed by atoms with van der Waals surface area (Å²) in [6.45, 7) is 13.4. The van der Waals surface area contributed by atoms with Gasteiger partial charge in [0.15, 0.2) is 23.8 Å². The number of terminal acetylenes is 1. The molecule has 10 fully saturated rings. The van der Waals surface area contributed by atoms with E-state index in [9.17, 15) is 0 Å². The summed E-state index contributed by atoms with van der Waals surface area (Å²) in [7, 11) is 0. The lowest BCUT2D eigenvalue weighted by atomic mass is 9.56. The van der Waals surface area contributed by atoms with Crippen LogP contribution in [0.25, 0.3) is 0 Å². The monoisotopic (exact) mass is 616 g/mol. The van der Waals surface area contributed by atoms with E-state index in [2.05, 4.69) is 33.6 Å². The predicted octanol–water partition coefficient (Wildman–Crippen LogP) is 5.90. The third-order valence-corrected chi connectivity index (χ3v) is 13.7. The van der Waals surface area contributed by atoms with Crippen molar-refractivity contribution >= 4 is 0 Å². The Morgan fingerprint density at radius 2 is 1.25 bits per heavy atom. The Hall–Kier alpha value is -0.800. The second kappa shape index (κ2) is 10.6. The summed E-state index contributed by atoms with van der Waals surface area (Å²) in [6.07, 6.45) is 12.8. The van der Waals surface area contributed by atoms with Gasteiger partial charge in [0.2, 0.25) is 11.6 Å². The molecule has 3 unspecified atom stereocenters. The fourth-order valence-electron chi connectivity index (χ4n) is 11.3. The Morgan fingerprint density at radius 3 is 1.82 bits per heavy atom. The molecule has 10 aliphatic rings. The van der Waals surface area contributed by atoms with Crippen molar-refractivity contribution in [1.82, 2.24) is 0 Å². The van der Waals surface area contributed by atoms with Crippen LogP contribution in [0.1, 0.15) is 99.3 Å². The summed E-state index contributed by atoms with van der Waals surface area (Å²) in [5.41, 5.74) is -1.21. The maximum atomic E-state index is 7.03. The van der Waals surface area contributed by atoms with E-state index in [0.29, 0.717) is 30.1 Å². The van der Waals surface area contributed by atoms with Gasteiger partial charge in [0.1, 0.15) is 6.61 Å². The third kappa shape index (κ3) is 4.25. The predicted molar refractivity (Wildman–Crippen MR) is 157 cm³/mol. The Bertz CT molecular complexity index is 1160. The van der Waals surface area contributed by atoms with E-state index in [1.807, 2.05) is 13.8 Å². The van der Waals surface area contributed by atoms with Gasteiger partial charge in [-0.3, -0.25) is 0 Å². The van der Waals surface area contributed by atoms with Crippen molar-refractivity contribution in [2.75, 3.05) is 6.61 Å². The SMILES string of the molecule is C#CCO[C@@H](C[C@H]1O[C@@H]2O[C@]3(C)CC[C@H]4[C@H](C)CC[C@@H]([C@H]1C)C24OO3)C1O[C@@H]2O[C@]3(C)CC[C@H]4[C@H](C)CC[C@@H]([C@H]1C)C24OO3. The summed E-state index contributed by atoms with van der Waals surface area (Å²) in [5, 5.41) is 0. The number of ether oxygens (including phenoxy) is 5. The number of rotatable bonds is 5. The molecule has 246 valence electrons. The van der Waals surface area contributed by atoms with Crippen LogP contribution >= 0.6 is 0 Å². The molecule has 8 saturated heterocycles. The van der Waals surface area contributed by atoms with E-state index in [1.54, 1.807) is 0 Å². The summed E-state index contributed by atoms with van der Waals surface area (Å²) in [6, 6.07) is 0. The highest BCUT2D eigenvalue weighted by atomic mass is 17.3. The average Bonchev–Trinajstić information content (AvgIpc) is 3.37. The van der Waals surface area contributed by atoms with Crippen LogP contribution in [0.2, 0.25) is 0 Å². The molecule has 8 aliphatic heterocycles. The molecule has 9 nitrogen and oxygen atoms in total. The molecule has 0 radical (unpaired) electrons. The van der Waals surface area contributed by atoms with Crippen molar-refractivity contribution in [3.63, 3.8) is 0 Å². The van der Waals surface area contributed by atoms with E-state index >= 15 is 0 Å². The summed E-state index contributed by atoms with van der Waals surface area (Å²) in [4.78, 5) is 24.9. The van der Waals surface area contributed by atoms with Crippen LogP contribution in [-0.4, -0.2) is 60.3 Å². The van der Waals surface area contributed by atoms with Gasteiger partial charge in [0.25, 0.3) is 0 Å². The molecule has 8 heterocycles. The highest BCUT2D eigenvalue weighted by Gasteiger charge is 2.71. The lowest BCUT2D eigenvalue weighted by Gasteiger charge is -2.62. The molecule has 2 saturated carbocycles. The van der Waals surface area contributed by atoms with E-state index in [0.717, 1.165) is 44.9 Å². The first-order chi connectivity index (χ1) is 21.0. The molecule has 2 aliphatic carbocycles. The molecule has 0 aromatic rings. The first-order valence-corrected chi connectivity index (χ1v) is 17.5. The van der Waals surface area contributed by atoms with Crippen LogP contribution in [0.15, 0.2) is 0 Å². The highest BCUT2D eigenvalue weighted by molar-refractivity contribution is 5.13. The topological polar surface area (TPSA) is 83.1 Å². The van der Waals surface area contributed by atoms with Crippen molar-refractivity contribution < 1.29 is 43.2 Å². The van der Waals surface area contributed by atoms with Gasteiger partial charge in [-0.05, 0) is 87.9 Å². The standard InChI is InChI=1S/C35H52O9/c1-8-17-36-28(29-22(5)26-12-10-20(3)24-14-16-33(7)40-31(38-29)35(24,26)44-42-33)18-27-21(4)25-11-9-19(2)23-13-15-32(6)39-30(37-27)34(23,25)43-41-32/h1,19-31H,9-18H2,2-7H3/t19-,20-,21-,22-,23+,24+,25+,26+,27-,28+,29?,30-,31-,32+,33+,34?,35?/m1/s1. The molecule has 0 aromatic heterocycles. The van der Waals surface area contributed by atoms with Gasteiger partial charge in [0.05, 0.1) is 18.3 Å². The van der Waals surface area contributed by atoms with Crippen LogP contribution in [-0.2, 0) is 43.2 Å². The lowest BCUT2D eigenvalue weighted by molar-refractivity contribution is -0.574. The minimum absolute atomic E-state index is 0.117. The smallest absolute Gasteiger partial charge is 0.201 e. The fraction of sp³-hybridized carbons (Fsp3) is 0.943. The molecular formula is C35H52O9. The molecule has 44 heavy (non-hydrogen) atoms. The Labute approximate surface area is 262 Å². The maximum absolute atomic E-state index is 7.03. The van der Waals surface area contributed by atoms with Crippen LogP contribution in [0.5, 0.6) is 0 Å². The van der Waals surface area contributed by atoms with Gasteiger partial charge in [-0.25, -0.2) is 19.6 Å². The maximum Gasteiger partial charge on any atom is 0.201 e. The van der Waals surface area contributed by atoms with Gasteiger partial charge in [-0.2, -0.15) is 0 Å². The minimum atomic E-state index is -0.823. The highest BCUT2D eigenvalue weighted by Crippen LogP contribution is 2.63. The molecule has 9 heteroatoms. The van der Waals surface area contributed by atoms with E-state index < -0.39 is 35.4 Å². The van der Waals surface area contributed by atoms with Crippen molar-refractivity contribution in [2.24, 2.45) is 47.3 Å². The third-order valence-electron chi connectivity index (χ3n) is 13.7. The molecular weight excluding hydrogens is 564 g/mol. The number of fused-ring (bicyclic) bond motifs is 4. The van der Waals surface area contributed by atoms with Crippen LogP contribution in [0, 0.1) is 59.7 Å². The van der Waals surface area contributed by atoms with Crippen molar-refractivity contribution in [2.45, 2.75) is 153 Å². The second-order valence-electron chi connectivity index (χ2n) is 16.1. The largest absolute Gasteiger partial charge is 0.363 e. The first-order valence-electron chi connectivity index (χ1n) is 17.5. The van der Waals surface area contributed by atoms with Gasteiger partial charge in [-0.15, -0.1) is 6.42 Å². The molecule has 0 aromatic carbocycles. The second-order valence-corrected chi connectivity index (χ2v) is 16.1. The lowest BCUT2D eigenvalue weighted by Crippen LogP contribution is -2.72. The zero-order valence-electron chi connectivity index (χ0n) is 27.3. The fourth-order valence-corrected chi connectivity index (χ4v) is 11.3. The first kappa shape index (κ1) is 30.5. The molecule has 0 amide bonds. The van der Waals surface area contributed by atoms with Crippen LogP contribution in [0.4, 0.5) is 0 Å². The Kier molecular flexibility index (Phi) is 7.36. The number of hydrogen-bond acceptors (Lipinski definition) is 9. The minimum Gasteiger partial charge on any atom is -0.363 e. The van der Waals surface area contributed by atoms with Crippen molar-refractivity contribution in [1.29, 1.82) is 0 Å². The molecule has 10 rings (SSSR count). The van der Waals surface area contributed by atoms with Crippen molar-refractivity contribution in [3.05, 3.63) is 0 Å². The van der Waals surface area contributed by atoms with Crippen molar-refractivity contribution in [3.8, 4) is 12.3 Å². The quantitative estimate of drug-likeness (QED) is 0.277. The Balaban J connectivity index is 1.10. The molecule has 0 N–H and O–H groups in total. The molecule has 2 spiro atoms. The Morgan fingerprint density at radius 1 is 0.705 bits per heavy atom. The van der Waals surface area contributed by atoms with Gasteiger partial charge >= 0.3 is 0 Å². The van der Waals surface area contributed by atoms with E-state index in [-0.39, 0.29) is 48.6 Å². The summed E-state index contributed by atoms with van der Waals surface area (Å²) >= 11 is 0. The number of hydrogen-bond donors (Lipinski definition) is 0. The van der Waals surface area contributed by atoms with Crippen LogP contribution in [0.3, 0.4) is 0 Å². The zero-order chi connectivity index (χ0) is 30.6. The van der Waals surface area contributed by atoms with Crippen LogP contribution < -0.4 is 0 Å². The molecule has 17 atom stereocenters. The van der Waals surface area contributed by atoms with Gasteiger partial charge in [0, 0.05) is 31.1 Å². The van der Waals surface area contributed by atoms with E-state index in [4.69, 9.17) is 49.7 Å². The average molecular weight is 617 g/mol.